The Hall–Kier alpha value is -2.66. The van der Waals surface area contributed by atoms with Gasteiger partial charge in [-0.1, -0.05) is 54.1 Å². The van der Waals surface area contributed by atoms with Crippen LogP contribution in [-0.4, -0.2) is 42.1 Å². The van der Waals surface area contributed by atoms with Crippen molar-refractivity contribution in [2.45, 2.75) is 38.5 Å². The number of benzene rings is 2. The average Bonchev–Trinajstić information content (AvgIpc) is 2.71. The van der Waals surface area contributed by atoms with Gasteiger partial charge in [-0.3, -0.25) is 9.69 Å². The van der Waals surface area contributed by atoms with E-state index in [0.717, 1.165) is 16.7 Å². The zero-order chi connectivity index (χ0) is 19.5. The molecular formula is C23H25NO4. The molecule has 2 unspecified atom stereocenters. The summed E-state index contributed by atoms with van der Waals surface area (Å²) in [6.45, 7) is 3.15. The normalized spacial score (nSPS) is 23.9. The smallest absolute Gasteiger partial charge is 0.410 e. The highest BCUT2D eigenvalue weighted by Crippen LogP contribution is 2.34. The van der Waals surface area contributed by atoms with Crippen LogP contribution >= 0.6 is 0 Å². The van der Waals surface area contributed by atoms with Gasteiger partial charge in [0.25, 0.3) is 0 Å². The van der Waals surface area contributed by atoms with Crippen LogP contribution in [0.15, 0.2) is 54.6 Å². The lowest BCUT2D eigenvalue weighted by molar-refractivity contribution is -0.0755. The number of rotatable bonds is 4. The van der Waals surface area contributed by atoms with Gasteiger partial charge in [0.1, 0.15) is 6.61 Å². The molecule has 2 aliphatic heterocycles. The standard InChI is InChI=1S/C23H25NO4/c1-16-6-5-9-18(10-16)22(25)19-11-20-14-27-15-21(12-19)24(20)23(26)28-13-17-7-3-2-4-8-17/h2-10,19-21H,11-15H2,1H3. The molecule has 5 heteroatoms. The van der Waals surface area contributed by atoms with Gasteiger partial charge in [0.05, 0.1) is 25.3 Å². The number of hydrogen-bond donors (Lipinski definition) is 0. The van der Waals surface area contributed by atoms with Crippen molar-refractivity contribution in [3.05, 3.63) is 71.3 Å². The minimum absolute atomic E-state index is 0.0844. The molecular weight excluding hydrogens is 354 g/mol. The van der Waals surface area contributed by atoms with E-state index in [9.17, 15) is 9.59 Å². The lowest BCUT2D eigenvalue weighted by atomic mass is 9.80. The number of fused-ring (bicyclic) bond motifs is 2. The van der Waals surface area contributed by atoms with Crippen molar-refractivity contribution in [2.75, 3.05) is 13.2 Å². The van der Waals surface area contributed by atoms with E-state index in [1.807, 2.05) is 61.5 Å². The number of ketones is 1. The van der Waals surface area contributed by atoms with Gasteiger partial charge >= 0.3 is 6.09 Å². The highest BCUT2D eigenvalue weighted by atomic mass is 16.6. The van der Waals surface area contributed by atoms with Crippen LogP contribution in [-0.2, 0) is 16.1 Å². The molecule has 2 aromatic rings. The Morgan fingerprint density at radius 2 is 1.75 bits per heavy atom. The maximum absolute atomic E-state index is 13.0. The number of amides is 1. The van der Waals surface area contributed by atoms with Crippen LogP contribution in [0.5, 0.6) is 0 Å². The Labute approximate surface area is 165 Å². The van der Waals surface area contributed by atoms with Crippen molar-refractivity contribution in [3.8, 4) is 0 Å². The van der Waals surface area contributed by atoms with Crippen molar-refractivity contribution in [2.24, 2.45) is 5.92 Å². The molecule has 0 aliphatic carbocycles. The number of piperidine rings is 1. The molecule has 0 spiro atoms. The van der Waals surface area contributed by atoms with Gasteiger partial charge in [0.15, 0.2) is 5.78 Å². The van der Waals surface area contributed by atoms with Crippen LogP contribution in [0.1, 0.15) is 34.3 Å². The van der Waals surface area contributed by atoms with E-state index in [-0.39, 0.29) is 36.5 Å². The summed E-state index contributed by atoms with van der Waals surface area (Å²) >= 11 is 0. The maximum atomic E-state index is 13.0. The summed E-state index contributed by atoms with van der Waals surface area (Å²) in [5, 5.41) is 0. The van der Waals surface area contributed by atoms with E-state index in [0.29, 0.717) is 26.1 Å². The summed E-state index contributed by atoms with van der Waals surface area (Å²) in [6.07, 6.45) is 0.913. The monoisotopic (exact) mass is 379 g/mol. The van der Waals surface area contributed by atoms with Gasteiger partial charge in [-0.25, -0.2) is 4.79 Å². The highest BCUT2D eigenvalue weighted by molar-refractivity contribution is 5.98. The fourth-order valence-corrected chi connectivity index (χ4v) is 4.26. The van der Waals surface area contributed by atoms with Gasteiger partial charge in [-0.2, -0.15) is 0 Å². The van der Waals surface area contributed by atoms with Gasteiger partial charge in [-0.15, -0.1) is 0 Å². The van der Waals surface area contributed by atoms with Gasteiger partial charge in [0, 0.05) is 11.5 Å². The lowest BCUT2D eigenvalue weighted by Crippen LogP contribution is -2.59. The van der Waals surface area contributed by atoms with Crippen LogP contribution in [0.25, 0.3) is 0 Å². The summed E-state index contributed by atoms with van der Waals surface area (Å²) in [5.74, 6) is 0.0803. The first kappa shape index (κ1) is 18.7. The van der Waals surface area contributed by atoms with Crippen LogP contribution < -0.4 is 0 Å². The SMILES string of the molecule is Cc1cccc(C(=O)C2CC3COCC(C2)N3C(=O)OCc2ccccc2)c1. The fraction of sp³-hybridized carbons (Fsp3) is 0.391. The van der Waals surface area contributed by atoms with Crippen molar-refractivity contribution in [1.82, 2.24) is 4.90 Å². The molecule has 2 aliphatic rings. The highest BCUT2D eigenvalue weighted by Gasteiger charge is 2.44. The molecule has 28 heavy (non-hydrogen) atoms. The third kappa shape index (κ3) is 3.94. The molecule has 2 aromatic carbocycles. The molecule has 2 atom stereocenters. The molecule has 4 rings (SSSR count). The summed E-state index contributed by atoms with van der Waals surface area (Å²) in [5.41, 5.74) is 2.79. The van der Waals surface area contributed by atoms with Gasteiger partial charge in [-0.05, 0) is 31.4 Å². The molecule has 2 heterocycles. The van der Waals surface area contributed by atoms with Crippen LogP contribution in [0.4, 0.5) is 4.79 Å². The molecule has 0 N–H and O–H groups in total. The topological polar surface area (TPSA) is 55.8 Å². The summed E-state index contributed by atoms with van der Waals surface area (Å²) in [6, 6.07) is 17.1. The van der Waals surface area contributed by atoms with Gasteiger partial charge < -0.3 is 9.47 Å². The molecule has 146 valence electrons. The first-order valence-electron chi connectivity index (χ1n) is 9.79. The zero-order valence-corrected chi connectivity index (χ0v) is 16.0. The molecule has 0 aromatic heterocycles. The van der Waals surface area contributed by atoms with E-state index in [1.165, 1.54) is 0 Å². The summed E-state index contributed by atoms with van der Waals surface area (Å²) in [7, 11) is 0. The Morgan fingerprint density at radius 3 is 2.43 bits per heavy atom. The van der Waals surface area contributed by atoms with E-state index >= 15 is 0 Å². The molecule has 2 saturated heterocycles. The predicted molar refractivity (Wildman–Crippen MR) is 105 cm³/mol. The summed E-state index contributed by atoms with van der Waals surface area (Å²) < 4.78 is 11.2. The van der Waals surface area contributed by atoms with E-state index in [1.54, 1.807) is 4.90 Å². The second-order valence-corrected chi connectivity index (χ2v) is 7.69. The number of hydrogen-bond acceptors (Lipinski definition) is 4. The Bertz CT molecular complexity index is 837. The van der Waals surface area contributed by atoms with Crippen LogP contribution in [0.3, 0.4) is 0 Å². The van der Waals surface area contributed by atoms with Gasteiger partial charge in [0.2, 0.25) is 0 Å². The number of ether oxygens (including phenoxy) is 2. The number of aryl methyl sites for hydroxylation is 1. The molecule has 2 fully saturated rings. The Morgan fingerprint density at radius 1 is 1.04 bits per heavy atom. The minimum Gasteiger partial charge on any atom is -0.445 e. The molecule has 2 bridgehead atoms. The fourth-order valence-electron chi connectivity index (χ4n) is 4.26. The second-order valence-electron chi connectivity index (χ2n) is 7.69. The number of carbonyl (C=O) groups excluding carboxylic acids is 2. The molecule has 0 radical (unpaired) electrons. The number of Topliss-reactive ketones (excluding diaryl/α,β-unsaturated/α-hetero) is 1. The largest absolute Gasteiger partial charge is 0.445 e. The first-order valence-corrected chi connectivity index (χ1v) is 9.79. The van der Waals surface area contributed by atoms with E-state index in [2.05, 4.69) is 0 Å². The number of morpholine rings is 1. The Kier molecular flexibility index (Phi) is 5.44. The third-order valence-corrected chi connectivity index (χ3v) is 5.61. The maximum Gasteiger partial charge on any atom is 0.410 e. The predicted octanol–water partition coefficient (Wildman–Crippen LogP) is 3.99. The average molecular weight is 379 g/mol. The first-order chi connectivity index (χ1) is 13.6. The zero-order valence-electron chi connectivity index (χ0n) is 16.0. The molecule has 1 amide bonds. The molecule has 5 nitrogen and oxygen atoms in total. The number of carbonyl (C=O) groups is 2. The van der Waals surface area contributed by atoms with Crippen LogP contribution in [0, 0.1) is 12.8 Å². The lowest BCUT2D eigenvalue weighted by Gasteiger charge is -2.47. The summed E-state index contributed by atoms with van der Waals surface area (Å²) in [4.78, 5) is 27.5. The van der Waals surface area contributed by atoms with E-state index < -0.39 is 0 Å². The molecule has 0 saturated carbocycles. The van der Waals surface area contributed by atoms with E-state index in [4.69, 9.17) is 9.47 Å². The Balaban J connectivity index is 1.43. The van der Waals surface area contributed by atoms with Crippen molar-refractivity contribution < 1.29 is 19.1 Å². The van der Waals surface area contributed by atoms with Crippen molar-refractivity contribution in [3.63, 3.8) is 0 Å². The quantitative estimate of drug-likeness (QED) is 0.754. The second kappa shape index (κ2) is 8.15. The minimum atomic E-state index is -0.316. The van der Waals surface area contributed by atoms with Crippen molar-refractivity contribution in [1.29, 1.82) is 0 Å². The van der Waals surface area contributed by atoms with Crippen molar-refractivity contribution >= 4 is 11.9 Å². The van der Waals surface area contributed by atoms with Crippen LogP contribution in [0.2, 0.25) is 0 Å². The number of nitrogens with zero attached hydrogens (tertiary/aromatic N) is 1. The third-order valence-electron chi connectivity index (χ3n) is 5.61.